The van der Waals surface area contributed by atoms with Crippen molar-refractivity contribution in [2.75, 3.05) is 0 Å². The van der Waals surface area contributed by atoms with Crippen LogP contribution in [0.4, 0.5) is 0 Å². The van der Waals surface area contributed by atoms with Crippen LogP contribution in [-0.4, -0.2) is 0 Å². The Bertz CT molecular complexity index is 625. The van der Waals surface area contributed by atoms with Gasteiger partial charge < -0.3 is 0 Å². The Labute approximate surface area is 116 Å². The van der Waals surface area contributed by atoms with Crippen molar-refractivity contribution in [3.05, 3.63) is 75.8 Å². The van der Waals surface area contributed by atoms with Gasteiger partial charge in [-0.25, -0.2) is 0 Å². The predicted molar refractivity (Wildman–Crippen MR) is 75.6 cm³/mol. The predicted octanol–water partition coefficient (Wildman–Crippen LogP) is 4.95. The van der Waals surface area contributed by atoms with E-state index in [0.29, 0.717) is 10.0 Å². The summed E-state index contributed by atoms with van der Waals surface area (Å²) < 4.78 is 0. The van der Waals surface area contributed by atoms with Crippen LogP contribution in [0.15, 0.2) is 54.6 Å². The van der Waals surface area contributed by atoms with E-state index in [1.165, 1.54) is 6.08 Å². The summed E-state index contributed by atoms with van der Waals surface area (Å²) in [6.45, 7) is 0. The third-order valence-electron chi connectivity index (χ3n) is 2.52. The lowest BCUT2D eigenvalue weighted by Crippen LogP contribution is -1.88. The molecular formula is C15H9Cl2N. The van der Waals surface area contributed by atoms with Crippen molar-refractivity contribution in [1.82, 2.24) is 0 Å². The molecule has 0 atom stereocenters. The fourth-order valence-electron chi connectivity index (χ4n) is 1.68. The van der Waals surface area contributed by atoms with E-state index in [0.717, 1.165) is 16.7 Å². The summed E-state index contributed by atoms with van der Waals surface area (Å²) in [5.74, 6) is 0. The van der Waals surface area contributed by atoms with Crippen molar-refractivity contribution in [1.29, 1.82) is 5.26 Å². The molecule has 0 bridgehead atoms. The highest BCUT2D eigenvalue weighted by Crippen LogP contribution is 2.29. The normalized spacial score (nSPS) is 11.1. The Hall–Kier alpha value is -1.75. The van der Waals surface area contributed by atoms with E-state index >= 15 is 0 Å². The lowest BCUT2D eigenvalue weighted by molar-refractivity contribution is 1.51. The quantitative estimate of drug-likeness (QED) is 0.711. The Morgan fingerprint density at radius 3 is 2.28 bits per heavy atom. The van der Waals surface area contributed by atoms with E-state index in [1.807, 2.05) is 36.4 Å². The van der Waals surface area contributed by atoms with Gasteiger partial charge in [0, 0.05) is 6.08 Å². The molecule has 0 aliphatic carbocycles. The molecule has 0 unspecified atom stereocenters. The van der Waals surface area contributed by atoms with Gasteiger partial charge in [0.05, 0.1) is 16.1 Å². The van der Waals surface area contributed by atoms with Crippen LogP contribution in [0.25, 0.3) is 5.57 Å². The highest BCUT2D eigenvalue weighted by atomic mass is 35.5. The first-order valence-electron chi connectivity index (χ1n) is 5.33. The Balaban J connectivity index is 2.53. The molecule has 3 heteroatoms. The lowest BCUT2D eigenvalue weighted by atomic mass is 9.98. The number of nitriles is 1. The SMILES string of the molecule is N#C/C=C(/c1ccccc1)c1ccc(Cl)c(Cl)c1. The number of nitrogens with zero attached hydrogens (tertiary/aromatic N) is 1. The number of benzene rings is 2. The monoisotopic (exact) mass is 273 g/mol. The zero-order valence-corrected chi connectivity index (χ0v) is 10.9. The summed E-state index contributed by atoms with van der Waals surface area (Å²) in [7, 11) is 0. The molecule has 0 saturated heterocycles. The molecular weight excluding hydrogens is 265 g/mol. The molecule has 0 amide bonds. The van der Waals surface area contributed by atoms with Crippen molar-refractivity contribution < 1.29 is 0 Å². The molecule has 0 spiro atoms. The first kappa shape index (κ1) is 12.7. The third-order valence-corrected chi connectivity index (χ3v) is 3.26. The van der Waals surface area contributed by atoms with Crippen LogP contribution >= 0.6 is 23.2 Å². The van der Waals surface area contributed by atoms with Crippen molar-refractivity contribution >= 4 is 28.8 Å². The van der Waals surface area contributed by atoms with Crippen LogP contribution in [0.1, 0.15) is 11.1 Å². The maximum atomic E-state index is 8.90. The maximum Gasteiger partial charge on any atom is 0.0918 e. The van der Waals surface area contributed by atoms with Crippen LogP contribution in [-0.2, 0) is 0 Å². The van der Waals surface area contributed by atoms with Gasteiger partial charge in [-0.1, -0.05) is 59.6 Å². The van der Waals surface area contributed by atoms with Crippen molar-refractivity contribution in [2.45, 2.75) is 0 Å². The van der Waals surface area contributed by atoms with E-state index < -0.39 is 0 Å². The average molecular weight is 274 g/mol. The van der Waals surface area contributed by atoms with Crippen molar-refractivity contribution in [3.8, 4) is 6.07 Å². The van der Waals surface area contributed by atoms with Gasteiger partial charge >= 0.3 is 0 Å². The number of hydrogen-bond donors (Lipinski definition) is 0. The van der Waals surface area contributed by atoms with Gasteiger partial charge in [-0.15, -0.1) is 0 Å². The van der Waals surface area contributed by atoms with Gasteiger partial charge in [-0.2, -0.15) is 5.26 Å². The third kappa shape index (κ3) is 2.73. The summed E-state index contributed by atoms with van der Waals surface area (Å²) in [5, 5.41) is 9.88. The molecule has 0 radical (unpaired) electrons. The van der Waals surface area contributed by atoms with Gasteiger partial charge in [0.25, 0.3) is 0 Å². The second kappa shape index (κ2) is 5.73. The lowest BCUT2D eigenvalue weighted by Gasteiger charge is -2.08. The largest absolute Gasteiger partial charge is 0.193 e. The van der Waals surface area contributed by atoms with E-state index in [4.69, 9.17) is 28.5 Å². The summed E-state index contributed by atoms with van der Waals surface area (Å²) in [6, 6.07) is 17.1. The van der Waals surface area contributed by atoms with E-state index in [1.54, 1.807) is 12.1 Å². The minimum atomic E-state index is 0.480. The van der Waals surface area contributed by atoms with Gasteiger partial charge in [-0.3, -0.25) is 0 Å². The molecule has 0 aromatic heterocycles. The fraction of sp³-hybridized carbons (Fsp3) is 0. The summed E-state index contributed by atoms with van der Waals surface area (Å²) in [5.41, 5.74) is 2.67. The van der Waals surface area contributed by atoms with Gasteiger partial charge in [0.1, 0.15) is 0 Å². The van der Waals surface area contributed by atoms with Crippen molar-refractivity contribution in [2.24, 2.45) is 0 Å². The first-order chi connectivity index (χ1) is 8.72. The number of rotatable bonds is 2. The van der Waals surface area contributed by atoms with Crippen LogP contribution in [0, 0.1) is 11.3 Å². The zero-order valence-electron chi connectivity index (χ0n) is 9.40. The Morgan fingerprint density at radius 1 is 0.944 bits per heavy atom. The molecule has 2 rings (SSSR count). The average Bonchev–Trinajstić information content (AvgIpc) is 2.40. The molecule has 0 saturated carbocycles. The molecule has 0 aliphatic heterocycles. The summed E-state index contributed by atoms with van der Waals surface area (Å²) in [6.07, 6.45) is 1.51. The highest BCUT2D eigenvalue weighted by Gasteiger charge is 2.06. The molecule has 18 heavy (non-hydrogen) atoms. The topological polar surface area (TPSA) is 23.8 Å². The summed E-state index contributed by atoms with van der Waals surface area (Å²) in [4.78, 5) is 0. The number of allylic oxidation sites excluding steroid dienone is 1. The molecule has 2 aromatic rings. The smallest absolute Gasteiger partial charge is 0.0918 e. The fourth-order valence-corrected chi connectivity index (χ4v) is 1.98. The molecule has 2 aromatic carbocycles. The highest BCUT2D eigenvalue weighted by molar-refractivity contribution is 6.42. The van der Waals surface area contributed by atoms with Gasteiger partial charge in [-0.05, 0) is 28.8 Å². The van der Waals surface area contributed by atoms with E-state index in [9.17, 15) is 0 Å². The molecule has 88 valence electrons. The second-order valence-electron chi connectivity index (χ2n) is 3.68. The molecule has 0 aliphatic rings. The standard InChI is InChI=1S/C15H9Cl2N/c16-14-7-6-12(10-15(14)17)13(8-9-18)11-4-2-1-3-5-11/h1-8,10H/b13-8-. The van der Waals surface area contributed by atoms with Crippen LogP contribution in [0.3, 0.4) is 0 Å². The minimum absolute atomic E-state index is 0.480. The molecule has 0 heterocycles. The maximum absolute atomic E-state index is 8.90. The van der Waals surface area contributed by atoms with Gasteiger partial charge in [0.2, 0.25) is 0 Å². The van der Waals surface area contributed by atoms with Crippen molar-refractivity contribution in [3.63, 3.8) is 0 Å². The zero-order chi connectivity index (χ0) is 13.0. The van der Waals surface area contributed by atoms with Crippen LogP contribution in [0.2, 0.25) is 10.0 Å². The van der Waals surface area contributed by atoms with E-state index in [-0.39, 0.29) is 0 Å². The Kier molecular flexibility index (Phi) is 4.04. The summed E-state index contributed by atoms with van der Waals surface area (Å²) >= 11 is 11.9. The number of halogens is 2. The van der Waals surface area contributed by atoms with Crippen LogP contribution in [0.5, 0.6) is 0 Å². The van der Waals surface area contributed by atoms with E-state index in [2.05, 4.69) is 6.07 Å². The minimum Gasteiger partial charge on any atom is -0.193 e. The first-order valence-corrected chi connectivity index (χ1v) is 6.08. The number of hydrogen-bond acceptors (Lipinski definition) is 1. The van der Waals surface area contributed by atoms with Gasteiger partial charge in [0.15, 0.2) is 0 Å². The van der Waals surface area contributed by atoms with Crippen LogP contribution < -0.4 is 0 Å². The molecule has 1 nitrogen and oxygen atoms in total. The Morgan fingerprint density at radius 2 is 1.67 bits per heavy atom. The molecule has 0 fully saturated rings. The molecule has 0 N–H and O–H groups in total. The second-order valence-corrected chi connectivity index (χ2v) is 4.50.